The van der Waals surface area contributed by atoms with E-state index in [0.717, 1.165) is 5.56 Å². The van der Waals surface area contributed by atoms with Crippen LogP contribution in [0.25, 0.3) is 10.8 Å². The Balaban J connectivity index is 1.95. The van der Waals surface area contributed by atoms with E-state index < -0.39 is 8.07 Å². The highest BCUT2D eigenvalue weighted by atomic mass is 28.3. The Morgan fingerprint density at radius 2 is 1.45 bits per heavy atom. The third-order valence-corrected chi connectivity index (χ3v) is 6.54. The average molecular weight is 300 g/mol. The molecule has 3 aromatic rings. The minimum absolute atomic E-state index is 1.10. The summed E-state index contributed by atoms with van der Waals surface area (Å²) in [7, 11) is -1.70. The summed E-state index contributed by atoms with van der Waals surface area (Å²) in [6.07, 6.45) is 0. The van der Waals surface area contributed by atoms with Gasteiger partial charge in [-0.3, -0.25) is 0 Å². The zero-order valence-corrected chi connectivity index (χ0v) is 14.4. The van der Waals surface area contributed by atoms with Crippen LogP contribution in [0.3, 0.4) is 0 Å². The van der Waals surface area contributed by atoms with Crippen molar-refractivity contribution in [1.82, 2.24) is 0 Å². The molecule has 0 atom stereocenters. The number of hydrogen-bond donors (Lipinski definition) is 0. The molecule has 0 aliphatic carbocycles. The van der Waals surface area contributed by atoms with Crippen LogP contribution in [0.2, 0.25) is 13.1 Å². The molecule has 0 unspecified atom stereocenters. The minimum Gasteiger partial charge on any atom is -0.121 e. The van der Waals surface area contributed by atoms with E-state index >= 15 is 0 Å². The molecule has 0 radical (unpaired) electrons. The van der Waals surface area contributed by atoms with Crippen LogP contribution in [0.5, 0.6) is 0 Å². The van der Waals surface area contributed by atoms with E-state index in [-0.39, 0.29) is 0 Å². The summed E-state index contributed by atoms with van der Waals surface area (Å²) in [5.41, 5.74) is 5.96. The molecule has 3 aromatic carbocycles. The molecule has 0 saturated heterocycles. The molecule has 0 aromatic heterocycles. The van der Waals surface area contributed by atoms with Gasteiger partial charge in [0.25, 0.3) is 0 Å². The molecule has 0 bridgehead atoms. The molecule has 0 nitrogen and oxygen atoms in total. The van der Waals surface area contributed by atoms with Crippen LogP contribution in [0, 0.1) is 18.4 Å². The molecule has 22 heavy (non-hydrogen) atoms. The van der Waals surface area contributed by atoms with Gasteiger partial charge in [0.15, 0.2) is 8.07 Å². The van der Waals surface area contributed by atoms with Gasteiger partial charge in [0.2, 0.25) is 0 Å². The zero-order chi connectivity index (χ0) is 15.6. The summed E-state index contributed by atoms with van der Waals surface area (Å²) in [5.74, 6) is 3.40. The van der Waals surface area contributed by atoms with Crippen molar-refractivity contribution in [2.75, 3.05) is 0 Å². The van der Waals surface area contributed by atoms with Crippen LogP contribution in [-0.4, -0.2) is 8.07 Å². The Kier molecular flexibility index (Phi) is 3.87. The predicted molar refractivity (Wildman–Crippen MR) is 99.1 cm³/mol. The standard InChI is InChI=1S/C21H20Si/c1-17-9-11-20-16-18(10-12-19(20)15-17)13-14-22(2,3)21-7-5-4-6-8-21/h4-12,15-16H,1-3H3. The second-order valence-electron chi connectivity index (χ2n) is 6.31. The third kappa shape index (κ3) is 3.13. The lowest BCUT2D eigenvalue weighted by atomic mass is 10.1. The molecule has 0 aliphatic heterocycles. The number of aryl methyl sites for hydroxylation is 1. The summed E-state index contributed by atoms with van der Waals surface area (Å²) in [5, 5.41) is 3.93. The molecule has 108 valence electrons. The van der Waals surface area contributed by atoms with Gasteiger partial charge in [-0.25, -0.2) is 0 Å². The van der Waals surface area contributed by atoms with E-state index in [4.69, 9.17) is 0 Å². The van der Waals surface area contributed by atoms with Gasteiger partial charge in [-0.15, -0.1) is 5.54 Å². The van der Waals surface area contributed by atoms with Gasteiger partial charge in [0, 0.05) is 5.56 Å². The van der Waals surface area contributed by atoms with E-state index in [1.54, 1.807) is 0 Å². The first-order valence-corrected chi connectivity index (χ1v) is 10.6. The van der Waals surface area contributed by atoms with Crippen molar-refractivity contribution in [3.05, 3.63) is 77.9 Å². The molecular formula is C21H20Si. The molecule has 0 amide bonds. The molecule has 3 rings (SSSR count). The molecule has 0 heterocycles. The van der Waals surface area contributed by atoms with Gasteiger partial charge in [0.1, 0.15) is 0 Å². The second kappa shape index (κ2) is 5.83. The Hall–Kier alpha value is -2.30. The normalized spacial score (nSPS) is 11.0. The van der Waals surface area contributed by atoms with E-state index in [1.165, 1.54) is 21.5 Å². The lowest BCUT2D eigenvalue weighted by Gasteiger charge is -2.14. The number of rotatable bonds is 1. The summed E-state index contributed by atoms with van der Waals surface area (Å²) in [4.78, 5) is 0. The molecule has 0 saturated carbocycles. The van der Waals surface area contributed by atoms with Crippen LogP contribution in [0.4, 0.5) is 0 Å². The average Bonchev–Trinajstić information content (AvgIpc) is 2.54. The zero-order valence-electron chi connectivity index (χ0n) is 13.4. The van der Waals surface area contributed by atoms with Gasteiger partial charge in [-0.1, -0.05) is 79.2 Å². The van der Waals surface area contributed by atoms with Crippen molar-refractivity contribution in [2.24, 2.45) is 0 Å². The second-order valence-corrected chi connectivity index (χ2v) is 10.4. The van der Waals surface area contributed by atoms with Gasteiger partial charge >= 0.3 is 0 Å². The van der Waals surface area contributed by atoms with E-state index in [0.29, 0.717) is 0 Å². The highest BCUT2D eigenvalue weighted by Gasteiger charge is 2.20. The lowest BCUT2D eigenvalue weighted by Crippen LogP contribution is -2.39. The van der Waals surface area contributed by atoms with Gasteiger partial charge in [-0.2, -0.15) is 0 Å². The molecule has 1 heteroatoms. The smallest absolute Gasteiger partial charge is 0.121 e. The van der Waals surface area contributed by atoms with E-state index in [9.17, 15) is 0 Å². The van der Waals surface area contributed by atoms with Gasteiger partial charge in [0.05, 0.1) is 0 Å². The minimum atomic E-state index is -1.70. The first-order valence-electron chi connectivity index (χ1n) is 7.64. The summed E-state index contributed by atoms with van der Waals surface area (Å²) < 4.78 is 0. The maximum atomic E-state index is 3.56. The first-order chi connectivity index (χ1) is 10.5. The van der Waals surface area contributed by atoms with E-state index in [1.807, 2.05) is 0 Å². The maximum absolute atomic E-state index is 3.56. The molecule has 0 N–H and O–H groups in total. The quantitative estimate of drug-likeness (QED) is 0.453. The lowest BCUT2D eigenvalue weighted by molar-refractivity contribution is 1.50. The number of hydrogen-bond acceptors (Lipinski definition) is 0. The topological polar surface area (TPSA) is 0 Å². The van der Waals surface area contributed by atoms with Crippen molar-refractivity contribution in [2.45, 2.75) is 20.0 Å². The van der Waals surface area contributed by atoms with Gasteiger partial charge < -0.3 is 0 Å². The van der Waals surface area contributed by atoms with Crippen molar-refractivity contribution in [1.29, 1.82) is 0 Å². The fraction of sp³-hybridized carbons (Fsp3) is 0.143. The van der Waals surface area contributed by atoms with Crippen LogP contribution in [-0.2, 0) is 0 Å². The summed E-state index contributed by atoms with van der Waals surface area (Å²) in [6, 6.07) is 23.7. The highest BCUT2D eigenvalue weighted by Crippen LogP contribution is 2.17. The Bertz CT molecular complexity index is 865. The first kappa shape index (κ1) is 14.6. The van der Waals surface area contributed by atoms with Crippen molar-refractivity contribution < 1.29 is 0 Å². The van der Waals surface area contributed by atoms with Crippen molar-refractivity contribution in [3.63, 3.8) is 0 Å². The largest absolute Gasteiger partial charge is 0.163 e. The highest BCUT2D eigenvalue weighted by molar-refractivity contribution is 6.96. The summed E-state index contributed by atoms with van der Waals surface area (Å²) >= 11 is 0. The number of fused-ring (bicyclic) bond motifs is 1. The molecule has 0 fully saturated rings. The summed E-state index contributed by atoms with van der Waals surface area (Å²) in [6.45, 7) is 6.74. The van der Waals surface area contributed by atoms with Crippen LogP contribution in [0.15, 0.2) is 66.7 Å². The monoisotopic (exact) mass is 300 g/mol. The fourth-order valence-electron chi connectivity index (χ4n) is 2.60. The van der Waals surface area contributed by atoms with E-state index in [2.05, 4.69) is 98.2 Å². The molecule has 0 spiro atoms. The van der Waals surface area contributed by atoms with Crippen LogP contribution < -0.4 is 5.19 Å². The van der Waals surface area contributed by atoms with Crippen LogP contribution in [0.1, 0.15) is 11.1 Å². The Labute approximate surface area is 133 Å². The molecule has 0 aliphatic rings. The Morgan fingerprint density at radius 3 is 2.23 bits per heavy atom. The predicted octanol–water partition coefficient (Wildman–Crippen LogP) is 4.65. The van der Waals surface area contributed by atoms with Gasteiger partial charge in [-0.05, 0) is 35.0 Å². The van der Waals surface area contributed by atoms with Crippen molar-refractivity contribution >= 4 is 24.0 Å². The maximum Gasteiger partial charge on any atom is 0.163 e. The third-order valence-electron chi connectivity index (χ3n) is 4.01. The SMILES string of the molecule is Cc1ccc2cc(C#C[Si](C)(C)c3ccccc3)ccc2c1. The van der Waals surface area contributed by atoms with Crippen LogP contribution >= 0.6 is 0 Å². The fourth-order valence-corrected chi connectivity index (χ4v) is 4.23. The Morgan fingerprint density at radius 1 is 0.773 bits per heavy atom. The van der Waals surface area contributed by atoms with Crippen molar-refractivity contribution in [3.8, 4) is 11.5 Å². The number of benzene rings is 3. The molecular weight excluding hydrogens is 280 g/mol.